The molecule has 0 amide bonds. The molecule has 1 aliphatic rings. The summed E-state index contributed by atoms with van der Waals surface area (Å²) in [6, 6.07) is 4.03. The smallest absolute Gasteiger partial charge is 0.126 e. The Morgan fingerprint density at radius 2 is 2.12 bits per heavy atom. The van der Waals surface area contributed by atoms with Gasteiger partial charge in [0.05, 0.1) is 0 Å². The molecule has 0 spiro atoms. The third-order valence-corrected chi connectivity index (χ3v) is 3.44. The molecule has 1 unspecified atom stereocenters. The summed E-state index contributed by atoms with van der Waals surface area (Å²) in [7, 11) is 0. The number of hydrogen-bond acceptors (Lipinski definition) is 2. The van der Waals surface area contributed by atoms with Crippen LogP contribution in [0.3, 0.4) is 0 Å². The molecule has 2 rings (SSSR count). The van der Waals surface area contributed by atoms with E-state index < -0.39 is 0 Å². The zero-order valence-electron chi connectivity index (χ0n) is 10.8. The van der Waals surface area contributed by atoms with E-state index in [0.717, 1.165) is 17.8 Å². The number of aryl methyl sites for hydroxylation is 1. The van der Waals surface area contributed by atoms with Crippen molar-refractivity contribution in [2.24, 2.45) is 5.73 Å². The molecule has 1 saturated carbocycles. The van der Waals surface area contributed by atoms with Gasteiger partial charge in [-0.15, -0.1) is 0 Å². The van der Waals surface area contributed by atoms with Gasteiger partial charge >= 0.3 is 0 Å². The summed E-state index contributed by atoms with van der Waals surface area (Å²) >= 11 is 0. The fraction of sp³-hybridized carbons (Fsp3) is 0.571. The van der Waals surface area contributed by atoms with Crippen LogP contribution in [0.2, 0.25) is 0 Å². The first-order chi connectivity index (χ1) is 8.04. The maximum Gasteiger partial charge on any atom is 0.126 e. The lowest BCUT2D eigenvalue weighted by molar-refractivity contribution is 0.612. The first-order valence-corrected chi connectivity index (χ1v) is 6.36. The van der Waals surface area contributed by atoms with Gasteiger partial charge in [0, 0.05) is 24.3 Å². The number of nitrogens with zero attached hydrogens (tertiary/aromatic N) is 1. The van der Waals surface area contributed by atoms with E-state index in [1.807, 2.05) is 19.9 Å². The second kappa shape index (κ2) is 4.65. The standard InChI is InChI=1S/C14H21FN2/c1-4-17(11-5-6-11)14-7-9(2)13(15)8-12(14)10(3)16/h7-8,10-11H,4-6,16H2,1-3H3. The van der Waals surface area contributed by atoms with Crippen molar-refractivity contribution in [1.29, 1.82) is 0 Å². The lowest BCUT2D eigenvalue weighted by Crippen LogP contribution is -2.27. The SMILES string of the molecule is CCN(c1cc(C)c(F)cc1C(C)N)C1CC1. The minimum Gasteiger partial charge on any atom is -0.369 e. The third kappa shape index (κ3) is 2.44. The molecule has 0 saturated heterocycles. The van der Waals surface area contributed by atoms with Crippen LogP contribution in [0.25, 0.3) is 0 Å². The van der Waals surface area contributed by atoms with Crippen molar-refractivity contribution in [2.75, 3.05) is 11.4 Å². The predicted octanol–water partition coefficient (Wildman–Crippen LogP) is 3.14. The van der Waals surface area contributed by atoms with Gasteiger partial charge in [-0.25, -0.2) is 4.39 Å². The molecule has 1 aromatic rings. The topological polar surface area (TPSA) is 29.3 Å². The van der Waals surface area contributed by atoms with Crippen molar-refractivity contribution in [3.8, 4) is 0 Å². The number of halogens is 1. The Morgan fingerprint density at radius 1 is 1.47 bits per heavy atom. The number of hydrogen-bond donors (Lipinski definition) is 1. The normalized spacial score (nSPS) is 17.0. The molecule has 3 heteroatoms. The van der Waals surface area contributed by atoms with E-state index in [-0.39, 0.29) is 11.9 Å². The molecule has 0 bridgehead atoms. The highest BCUT2D eigenvalue weighted by molar-refractivity contribution is 5.58. The molecule has 1 aliphatic carbocycles. The fourth-order valence-electron chi connectivity index (χ4n) is 2.31. The van der Waals surface area contributed by atoms with Crippen molar-refractivity contribution >= 4 is 5.69 Å². The molecule has 0 radical (unpaired) electrons. The Bertz CT molecular complexity index is 411. The van der Waals surface area contributed by atoms with Crippen LogP contribution in [-0.4, -0.2) is 12.6 Å². The van der Waals surface area contributed by atoms with Crippen LogP contribution in [0, 0.1) is 12.7 Å². The van der Waals surface area contributed by atoms with Gasteiger partial charge in [-0.3, -0.25) is 0 Å². The van der Waals surface area contributed by atoms with E-state index in [1.54, 1.807) is 6.07 Å². The zero-order chi connectivity index (χ0) is 12.6. The van der Waals surface area contributed by atoms with Gasteiger partial charge in [-0.2, -0.15) is 0 Å². The minimum absolute atomic E-state index is 0.132. The number of anilines is 1. The maximum absolute atomic E-state index is 13.6. The molecule has 94 valence electrons. The van der Waals surface area contributed by atoms with E-state index in [0.29, 0.717) is 11.6 Å². The molecular weight excluding hydrogens is 215 g/mol. The van der Waals surface area contributed by atoms with Gasteiger partial charge in [0.15, 0.2) is 0 Å². The van der Waals surface area contributed by atoms with Gasteiger partial charge in [-0.1, -0.05) is 0 Å². The monoisotopic (exact) mass is 236 g/mol. The summed E-state index contributed by atoms with van der Waals surface area (Å²) in [5, 5.41) is 0. The van der Waals surface area contributed by atoms with Crippen molar-refractivity contribution < 1.29 is 4.39 Å². The Labute approximate surface area is 103 Å². The third-order valence-electron chi connectivity index (χ3n) is 3.44. The maximum atomic E-state index is 13.6. The predicted molar refractivity (Wildman–Crippen MR) is 69.8 cm³/mol. The van der Waals surface area contributed by atoms with Crippen LogP contribution in [0.5, 0.6) is 0 Å². The zero-order valence-corrected chi connectivity index (χ0v) is 10.8. The Morgan fingerprint density at radius 3 is 2.59 bits per heavy atom. The first-order valence-electron chi connectivity index (χ1n) is 6.36. The van der Waals surface area contributed by atoms with Gasteiger partial charge in [0.1, 0.15) is 5.82 Å². The van der Waals surface area contributed by atoms with E-state index in [9.17, 15) is 4.39 Å². The Balaban J connectivity index is 2.45. The average Bonchev–Trinajstić information content (AvgIpc) is 3.07. The average molecular weight is 236 g/mol. The molecular formula is C14H21FN2. The Hall–Kier alpha value is -1.09. The molecule has 2 N–H and O–H groups in total. The minimum atomic E-state index is -0.159. The molecule has 0 aliphatic heterocycles. The summed E-state index contributed by atoms with van der Waals surface area (Å²) in [6.07, 6.45) is 2.48. The highest BCUT2D eigenvalue weighted by atomic mass is 19.1. The summed E-state index contributed by atoms with van der Waals surface area (Å²) < 4.78 is 13.6. The van der Waals surface area contributed by atoms with E-state index in [1.165, 1.54) is 12.8 Å². The molecule has 2 nitrogen and oxygen atoms in total. The van der Waals surface area contributed by atoms with Crippen molar-refractivity contribution in [1.82, 2.24) is 0 Å². The molecule has 0 heterocycles. The number of nitrogens with two attached hydrogens (primary N) is 1. The van der Waals surface area contributed by atoms with Crippen molar-refractivity contribution in [2.45, 2.75) is 45.7 Å². The summed E-state index contributed by atoms with van der Waals surface area (Å²) in [4.78, 5) is 2.35. The molecule has 0 aromatic heterocycles. The van der Waals surface area contributed by atoms with Gasteiger partial charge in [0.25, 0.3) is 0 Å². The van der Waals surface area contributed by atoms with Crippen LogP contribution in [0.4, 0.5) is 10.1 Å². The highest BCUT2D eigenvalue weighted by Gasteiger charge is 2.30. The first kappa shape index (κ1) is 12.4. The fourth-order valence-corrected chi connectivity index (χ4v) is 2.31. The number of benzene rings is 1. The highest BCUT2D eigenvalue weighted by Crippen LogP contribution is 2.36. The second-order valence-corrected chi connectivity index (χ2v) is 4.97. The lowest BCUT2D eigenvalue weighted by atomic mass is 10.0. The van der Waals surface area contributed by atoms with Crippen molar-refractivity contribution in [3.05, 3.63) is 29.1 Å². The van der Waals surface area contributed by atoms with E-state index >= 15 is 0 Å². The Kier molecular flexibility index (Phi) is 3.38. The van der Waals surface area contributed by atoms with Crippen LogP contribution in [-0.2, 0) is 0 Å². The van der Waals surface area contributed by atoms with Crippen LogP contribution < -0.4 is 10.6 Å². The second-order valence-electron chi connectivity index (χ2n) is 4.97. The molecule has 17 heavy (non-hydrogen) atoms. The van der Waals surface area contributed by atoms with E-state index in [2.05, 4.69) is 11.8 Å². The largest absolute Gasteiger partial charge is 0.369 e. The lowest BCUT2D eigenvalue weighted by Gasteiger charge is -2.27. The molecule has 1 fully saturated rings. The summed E-state index contributed by atoms with van der Waals surface area (Å²) in [5.41, 5.74) is 8.68. The molecule has 1 aromatic carbocycles. The summed E-state index contributed by atoms with van der Waals surface area (Å²) in [6.45, 7) is 6.82. The summed E-state index contributed by atoms with van der Waals surface area (Å²) in [5.74, 6) is -0.159. The quantitative estimate of drug-likeness (QED) is 0.870. The van der Waals surface area contributed by atoms with Gasteiger partial charge in [0.2, 0.25) is 0 Å². The van der Waals surface area contributed by atoms with Crippen molar-refractivity contribution in [3.63, 3.8) is 0 Å². The number of rotatable bonds is 4. The van der Waals surface area contributed by atoms with Gasteiger partial charge in [-0.05, 0) is 56.9 Å². The van der Waals surface area contributed by atoms with Crippen LogP contribution >= 0.6 is 0 Å². The van der Waals surface area contributed by atoms with Gasteiger partial charge < -0.3 is 10.6 Å². The molecule has 1 atom stereocenters. The van der Waals surface area contributed by atoms with E-state index in [4.69, 9.17) is 5.73 Å². The van der Waals surface area contributed by atoms with Crippen LogP contribution in [0.15, 0.2) is 12.1 Å². The van der Waals surface area contributed by atoms with Crippen LogP contribution in [0.1, 0.15) is 43.9 Å².